The van der Waals surface area contributed by atoms with E-state index in [0.717, 1.165) is 18.8 Å². The first-order valence-corrected chi connectivity index (χ1v) is 9.51. The summed E-state index contributed by atoms with van der Waals surface area (Å²) in [7, 11) is 0. The molecule has 0 aliphatic carbocycles. The number of nitrogens with one attached hydrogen (secondary N) is 3. The van der Waals surface area contributed by atoms with Crippen molar-refractivity contribution in [3.05, 3.63) is 54.6 Å². The molecule has 1 aliphatic heterocycles. The van der Waals surface area contributed by atoms with Crippen LogP contribution >= 0.6 is 0 Å². The number of amides is 4. The Bertz CT molecular complexity index is 846. The zero-order valence-electron chi connectivity index (χ0n) is 16.4. The van der Waals surface area contributed by atoms with E-state index in [1.807, 2.05) is 18.2 Å². The Hall–Kier alpha value is -3.55. The van der Waals surface area contributed by atoms with Gasteiger partial charge in [-0.1, -0.05) is 18.2 Å². The number of hydrogen-bond acceptors (Lipinski definition) is 4. The summed E-state index contributed by atoms with van der Waals surface area (Å²) in [4.78, 5) is 39.4. The predicted octanol–water partition coefficient (Wildman–Crippen LogP) is 2.12. The SMILES string of the molecule is CC(=O)Nc1ccc(NC(=O)CNC(=O)N2CCN(c3ccccc3)CC2)cc1. The van der Waals surface area contributed by atoms with Crippen LogP contribution in [0.4, 0.5) is 21.9 Å². The van der Waals surface area contributed by atoms with E-state index in [4.69, 9.17) is 0 Å². The van der Waals surface area contributed by atoms with Crippen LogP contribution in [0.15, 0.2) is 54.6 Å². The second kappa shape index (κ2) is 9.59. The number of para-hydroxylation sites is 1. The molecule has 0 unspecified atom stereocenters. The fourth-order valence-corrected chi connectivity index (χ4v) is 3.12. The van der Waals surface area contributed by atoms with Crippen molar-refractivity contribution in [2.75, 3.05) is 48.3 Å². The van der Waals surface area contributed by atoms with Crippen LogP contribution in [-0.4, -0.2) is 55.5 Å². The van der Waals surface area contributed by atoms with Gasteiger partial charge in [0.05, 0.1) is 6.54 Å². The first-order valence-electron chi connectivity index (χ1n) is 9.51. The first kappa shape index (κ1) is 20.2. The van der Waals surface area contributed by atoms with Crippen LogP contribution in [0.1, 0.15) is 6.92 Å². The van der Waals surface area contributed by atoms with E-state index in [2.05, 4.69) is 33.0 Å². The normalized spacial score (nSPS) is 13.6. The molecule has 0 atom stereocenters. The highest BCUT2D eigenvalue weighted by molar-refractivity contribution is 5.95. The predicted molar refractivity (Wildman–Crippen MR) is 113 cm³/mol. The summed E-state index contributed by atoms with van der Waals surface area (Å²) in [5.41, 5.74) is 2.39. The van der Waals surface area contributed by atoms with Gasteiger partial charge in [-0.15, -0.1) is 0 Å². The van der Waals surface area contributed by atoms with Gasteiger partial charge < -0.3 is 25.8 Å². The van der Waals surface area contributed by atoms with Crippen molar-refractivity contribution >= 4 is 34.9 Å². The maximum Gasteiger partial charge on any atom is 0.317 e. The second-order valence-electron chi connectivity index (χ2n) is 6.78. The van der Waals surface area contributed by atoms with Gasteiger partial charge in [0.1, 0.15) is 0 Å². The summed E-state index contributed by atoms with van der Waals surface area (Å²) in [6.07, 6.45) is 0. The molecule has 1 saturated heterocycles. The van der Waals surface area contributed by atoms with Gasteiger partial charge in [0, 0.05) is 50.2 Å². The zero-order valence-corrected chi connectivity index (χ0v) is 16.4. The van der Waals surface area contributed by atoms with Crippen molar-refractivity contribution in [1.29, 1.82) is 0 Å². The van der Waals surface area contributed by atoms with Crippen LogP contribution in [0.3, 0.4) is 0 Å². The third-order valence-electron chi connectivity index (χ3n) is 4.58. The van der Waals surface area contributed by atoms with Crippen LogP contribution in [0.2, 0.25) is 0 Å². The summed E-state index contributed by atoms with van der Waals surface area (Å²) in [5.74, 6) is -0.470. The van der Waals surface area contributed by atoms with Crippen molar-refractivity contribution in [2.24, 2.45) is 0 Å². The van der Waals surface area contributed by atoms with Gasteiger partial charge in [0.25, 0.3) is 0 Å². The maximum atomic E-state index is 12.3. The molecule has 1 fully saturated rings. The number of nitrogens with zero attached hydrogens (tertiary/aromatic N) is 2. The number of anilines is 3. The number of benzene rings is 2. The molecule has 1 aliphatic rings. The molecule has 4 amide bonds. The Morgan fingerprint density at radius 2 is 1.41 bits per heavy atom. The van der Waals surface area contributed by atoms with E-state index >= 15 is 0 Å². The van der Waals surface area contributed by atoms with Gasteiger partial charge in [-0.25, -0.2) is 4.79 Å². The van der Waals surface area contributed by atoms with Crippen LogP contribution < -0.4 is 20.9 Å². The van der Waals surface area contributed by atoms with Crippen molar-refractivity contribution in [3.63, 3.8) is 0 Å². The van der Waals surface area contributed by atoms with Gasteiger partial charge in [-0.3, -0.25) is 9.59 Å². The highest BCUT2D eigenvalue weighted by atomic mass is 16.2. The number of piperazine rings is 1. The molecule has 2 aromatic carbocycles. The van der Waals surface area contributed by atoms with Gasteiger partial charge in [0.15, 0.2) is 0 Å². The summed E-state index contributed by atoms with van der Waals surface area (Å²) < 4.78 is 0. The molecule has 2 aromatic rings. The van der Waals surface area contributed by atoms with Gasteiger partial charge >= 0.3 is 6.03 Å². The Kier molecular flexibility index (Phi) is 6.67. The molecular formula is C21H25N5O3. The minimum atomic E-state index is -0.312. The summed E-state index contributed by atoms with van der Waals surface area (Å²) >= 11 is 0. The molecule has 29 heavy (non-hydrogen) atoms. The summed E-state index contributed by atoms with van der Waals surface area (Å²) in [6, 6.07) is 16.6. The number of carbonyl (C=O) groups excluding carboxylic acids is 3. The smallest absolute Gasteiger partial charge is 0.317 e. The van der Waals surface area contributed by atoms with Crippen molar-refractivity contribution in [3.8, 4) is 0 Å². The molecule has 0 saturated carbocycles. The Labute approximate surface area is 169 Å². The van der Waals surface area contributed by atoms with Gasteiger partial charge in [-0.2, -0.15) is 0 Å². The average Bonchev–Trinajstić information content (AvgIpc) is 2.74. The Morgan fingerprint density at radius 3 is 2.00 bits per heavy atom. The lowest BCUT2D eigenvalue weighted by atomic mass is 10.2. The van der Waals surface area contributed by atoms with E-state index in [1.54, 1.807) is 29.2 Å². The minimum absolute atomic E-state index is 0.106. The molecule has 3 rings (SSSR count). The number of rotatable bonds is 5. The third-order valence-corrected chi connectivity index (χ3v) is 4.58. The van der Waals surface area contributed by atoms with Gasteiger partial charge in [0.2, 0.25) is 11.8 Å². The summed E-state index contributed by atoms with van der Waals surface area (Å²) in [5, 5.41) is 8.04. The standard InChI is InChI=1S/C21H25N5O3/c1-16(27)23-17-7-9-18(10-8-17)24-20(28)15-22-21(29)26-13-11-25(12-14-26)19-5-3-2-4-6-19/h2-10H,11-15H2,1H3,(H,22,29)(H,23,27)(H,24,28). The number of carbonyl (C=O) groups is 3. The lowest BCUT2D eigenvalue weighted by molar-refractivity contribution is -0.115. The molecule has 8 heteroatoms. The first-order chi connectivity index (χ1) is 14.0. The van der Waals surface area contributed by atoms with Crippen molar-refractivity contribution in [1.82, 2.24) is 10.2 Å². The Morgan fingerprint density at radius 1 is 0.828 bits per heavy atom. The maximum absolute atomic E-state index is 12.3. The molecule has 3 N–H and O–H groups in total. The topological polar surface area (TPSA) is 93.8 Å². The fourth-order valence-electron chi connectivity index (χ4n) is 3.12. The molecule has 0 radical (unpaired) electrons. The van der Waals surface area contributed by atoms with E-state index in [9.17, 15) is 14.4 Å². The molecule has 0 bridgehead atoms. The van der Waals surface area contributed by atoms with Crippen LogP contribution in [0, 0.1) is 0 Å². The Balaban J connectivity index is 1.40. The van der Waals surface area contributed by atoms with Crippen molar-refractivity contribution in [2.45, 2.75) is 6.92 Å². The summed E-state index contributed by atoms with van der Waals surface area (Å²) in [6.45, 7) is 4.04. The lowest BCUT2D eigenvalue weighted by Crippen LogP contribution is -2.52. The highest BCUT2D eigenvalue weighted by Gasteiger charge is 2.21. The monoisotopic (exact) mass is 395 g/mol. The molecule has 152 valence electrons. The molecule has 0 aromatic heterocycles. The van der Waals surface area contributed by atoms with Crippen LogP contribution in [-0.2, 0) is 9.59 Å². The van der Waals surface area contributed by atoms with E-state index in [0.29, 0.717) is 24.5 Å². The fraction of sp³-hybridized carbons (Fsp3) is 0.286. The zero-order chi connectivity index (χ0) is 20.6. The van der Waals surface area contributed by atoms with Crippen molar-refractivity contribution < 1.29 is 14.4 Å². The third kappa shape index (κ3) is 5.97. The van der Waals surface area contributed by atoms with Crippen LogP contribution in [0.25, 0.3) is 0 Å². The number of hydrogen-bond donors (Lipinski definition) is 3. The molecular weight excluding hydrogens is 370 g/mol. The molecule has 8 nitrogen and oxygen atoms in total. The largest absolute Gasteiger partial charge is 0.368 e. The lowest BCUT2D eigenvalue weighted by Gasteiger charge is -2.36. The van der Waals surface area contributed by atoms with E-state index in [1.165, 1.54) is 6.92 Å². The highest BCUT2D eigenvalue weighted by Crippen LogP contribution is 2.16. The van der Waals surface area contributed by atoms with Crippen LogP contribution in [0.5, 0.6) is 0 Å². The number of urea groups is 1. The second-order valence-corrected chi connectivity index (χ2v) is 6.78. The van der Waals surface area contributed by atoms with E-state index < -0.39 is 0 Å². The molecule has 0 spiro atoms. The quantitative estimate of drug-likeness (QED) is 0.723. The van der Waals surface area contributed by atoms with E-state index in [-0.39, 0.29) is 24.4 Å². The minimum Gasteiger partial charge on any atom is -0.368 e. The average molecular weight is 395 g/mol. The molecule has 1 heterocycles. The van der Waals surface area contributed by atoms with Gasteiger partial charge in [-0.05, 0) is 36.4 Å².